The van der Waals surface area contributed by atoms with Crippen molar-refractivity contribution in [1.29, 1.82) is 0 Å². The van der Waals surface area contributed by atoms with Gasteiger partial charge in [0.15, 0.2) is 5.78 Å². The number of benzene rings is 1. The number of rotatable bonds is 3. The lowest BCUT2D eigenvalue weighted by Gasteiger charge is -2.32. The average molecular weight is 309 g/mol. The minimum Gasteiger partial charge on any atom is -0.507 e. The van der Waals surface area contributed by atoms with E-state index in [1.165, 1.54) is 12.1 Å². The molecular weight excluding hydrogens is 290 g/mol. The van der Waals surface area contributed by atoms with Crippen molar-refractivity contribution in [2.24, 2.45) is 0 Å². The minimum absolute atomic E-state index is 0.0582. The molecule has 2 heterocycles. The van der Waals surface area contributed by atoms with Gasteiger partial charge in [-0.3, -0.25) is 9.78 Å². The van der Waals surface area contributed by atoms with Crippen LogP contribution in [-0.4, -0.2) is 21.5 Å². The van der Waals surface area contributed by atoms with Crippen molar-refractivity contribution in [3.05, 3.63) is 59.4 Å². The van der Waals surface area contributed by atoms with Gasteiger partial charge in [0.2, 0.25) is 0 Å². The number of carbonyl (C=O) groups is 1. The predicted molar refractivity (Wildman–Crippen MR) is 88.7 cm³/mol. The summed E-state index contributed by atoms with van der Waals surface area (Å²) < 4.78 is 5.86. The third kappa shape index (κ3) is 3.42. The molecule has 0 spiro atoms. The zero-order chi connectivity index (χ0) is 16.4. The third-order valence-electron chi connectivity index (χ3n) is 3.92. The standard InChI is InChI=1S/C19H19NO3/c1-19(2)9-8-13-11-15(17(22)12-18(13)23-19)16(21)7-6-14-5-3-4-10-20-14/h3-7,10-12,22H,8-9H2,1-2H3/b7-6+. The first-order chi connectivity index (χ1) is 10.9. The predicted octanol–water partition coefficient (Wildman–Crippen LogP) is 3.79. The van der Waals surface area contributed by atoms with Crippen molar-refractivity contribution in [2.75, 3.05) is 0 Å². The highest BCUT2D eigenvalue weighted by Gasteiger charge is 2.28. The number of hydrogen-bond acceptors (Lipinski definition) is 4. The zero-order valence-electron chi connectivity index (χ0n) is 13.2. The molecule has 1 N–H and O–H groups in total. The van der Waals surface area contributed by atoms with E-state index in [0.717, 1.165) is 18.4 Å². The number of allylic oxidation sites excluding steroid dienone is 1. The molecule has 0 saturated carbocycles. The SMILES string of the molecule is CC1(C)CCc2cc(C(=O)/C=C/c3ccccn3)c(O)cc2O1. The Labute approximate surface area is 135 Å². The molecule has 0 aliphatic carbocycles. The maximum Gasteiger partial charge on any atom is 0.189 e. The first-order valence-corrected chi connectivity index (χ1v) is 7.63. The Balaban J connectivity index is 1.86. The van der Waals surface area contributed by atoms with E-state index < -0.39 is 0 Å². The van der Waals surface area contributed by atoms with Crippen LogP contribution in [0.5, 0.6) is 11.5 Å². The van der Waals surface area contributed by atoms with Crippen LogP contribution in [-0.2, 0) is 6.42 Å². The van der Waals surface area contributed by atoms with Gasteiger partial charge < -0.3 is 9.84 Å². The molecule has 0 atom stereocenters. The van der Waals surface area contributed by atoms with E-state index in [2.05, 4.69) is 4.98 Å². The summed E-state index contributed by atoms with van der Waals surface area (Å²) in [5.74, 6) is 0.349. The number of aromatic nitrogens is 1. The number of phenols is 1. The number of ether oxygens (including phenoxy) is 1. The van der Waals surface area contributed by atoms with Crippen LogP contribution < -0.4 is 4.74 Å². The van der Waals surface area contributed by atoms with E-state index in [1.807, 2.05) is 32.0 Å². The first-order valence-electron chi connectivity index (χ1n) is 7.63. The quantitative estimate of drug-likeness (QED) is 0.692. The van der Waals surface area contributed by atoms with E-state index in [-0.39, 0.29) is 17.1 Å². The normalized spacial score (nSPS) is 15.9. The van der Waals surface area contributed by atoms with Crippen molar-refractivity contribution < 1.29 is 14.6 Å². The summed E-state index contributed by atoms with van der Waals surface area (Å²) in [6, 6.07) is 8.75. The second-order valence-electron chi connectivity index (χ2n) is 6.29. The number of aryl methyl sites for hydroxylation is 1. The first kappa shape index (κ1) is 15.3. The number of hydrogen-bond donors (Lipinski definition) is 1. The molecule has 118 valence electrons. The van der Waals surface area contributed by atoms with Crippen LogP contribution in [0.3, 0.4) is 0 Å². The third-order valence-corrected chi connectivity index (χ3v) is 3.92. The van der Waals surface area contributed by atoms with Crippen molar-refractivity contribution in [2.45, 2.75) is 32.3 Å². The smallest absolute Gasteiger partial charge is 0.189 e. The monoisotopic (exact) mass is 309 g/mol. The Kier molecular flexibility index (Phi) is 3.90. The maximum atomic E-state index is 12.3. The molecule has 3 rings (SSSR count). The number of phenolic OH excluding ortho intramolecular Hbond substituents is 1. The average Bonchev–Trinajstić information content (AvgIpc) is 2.52. The lowest BCUT2D eigenvalue weighted by molar-refractivity contribution is 0.0842. The van der Waals surface area contributed by atoms with Crippen molar-refractivity contribution >= 4 is 11.9 Å². The minimum atomic E-state index is -0.249. The molecular formula is C19H19NO3. The second kappa shape index (κ2) is 5.88. The molecule has 4 nitrogen and oxygen atoms in total. The Bertz CT molecular complexity index is 764. The summed E-state index contributed by atoms with van der Waals surface area (Å²) in [5.41, 5.74) is 1.70. The Hall–Kier alpha value is -2.62. The Morgan fingerprint density at radius 2 is 2.17 bits per heavy atom. The van der Waals surface area contributed by atoms with Gasteiger partial charge >= 0.3 is 0 Å². The summed E-state index contributed by atoms with van der Waals surface area (Å²) in [4.78, 5) is 16.5. The van der Waals surface area contributed by atoms with E-state index in [9.17, 15) is 9.90 Å². The number of pyridine rings is 1. The largest absolute Gasteiger partial charge is 0.507 e. The van der Waals surface area contributed by atoms with Crippen molar-refractivity contribution in [3.63, 3.8) is 0 Å². The zero-order valence-corrected chi connectivity index (χ0v) is 13.2. The molecule has 0 fully saturated rings. The fourth-order valence-corrected chi connectivity index (χ4v) is 2.61. The molecule has 0 bridgehead atoms. The van der Waals surface area contributed by atoms with Gasteiger partial charge in [0.05, 0.1) is 11.3 Å². The van der Waals surface area contributed by atoms with Gasteiger partial charge in [-0.25, -0.2) is 0 Å². The highest BCUT2D eigenvalue weighted by Crippen LogP contribution is 2.37. The highest BCUT2D eigenvalue weighted by molar-refractivity contribution is 6.08. The van der Waals surface area contributed by atoms with E-state index in [1.54, 1.807) is 18.3 Å². The molecule has 1 aromatic heterocycles. The summed E-state index contributed by atoms with van der Waals surface area (Å²) >= 11 is 0. The summed E-state index contributed by atoms with van der Waals surface area (Å²) in [5, 5.41) is 10.2. The number of ketones is 1. The van der Waals surface area contributed by atoms with Gasteiger partial charge in [-0.2, -0.15) is 0 Å². The van der Waals surface area contributed by atoms with E-state index >= 15 is 0 Å². The Morgan fingerprint density at radius 1 is 1.35 bits per heavy atom. The molecule has 23 heavy (non-hydrogen) atoms. The molecule has 0 unspecified atom stereocenters. The van der Waals surface area contributed by atoms with Crippen LogP contribution in [0.2, 0.25) is 0 Å². The second-order valence-corrected chi connectivity index (χ2v) is 6.29. The molecule has 2 aromatic rings. The van der Waals surface area contributed by atoms with Crippen molar-refractivity contribution in [1.82, 2.24) is 4.98 Å². The number of fused-ring (bicyclic) bond motifs is 1. The number of aromatic hydroxyl groups is 1. The van der Waals surface area contributed by atoms with E-state index in [4.69, 9.17) is 4.74 Å². The van der Waals surface area contributed by atoms with E-state index in [0.29, 0.717) is 17.0 Å². The van der Waals surface area contributed by atoms with Gasteiger partial charge in [-0.15, -0.1) is 0 Å². The summed E-state index contributed by atoms with van der Waals surface area (Å²) in [6.45, 7) is 4.03. The fourth-order valence-electron chi connectivity index (χ4n) is 2.61. The van der Waals surface area contributed by atoms with Crippen LogP contribution in [0.4, 0.5) is 0 Å². The summed E-state index contributed by atoms with van der Waals surface area (Å²) in [6.07, 6.45) is 6.44. The lowest BCUT2D eigenvalue weighted by Crippen LogP contribution is -2.32. The topological polar surface area (TPSA) is 59.4 Å². The molecule has 0 radical (unpaired) electrons. The maximum absolute atomic E-state index is 12.3. The summed E-state index contributed by atoms with van der Waals surface area (Å²) in [7, 11) is 0. The van der Waals surface area contributed by atoms with Crippen LogP contribution >= 0.6 is 0 Å². The molecule has 1 aromatic carbocycles. The van der Waals surface area contributed by atoms with Crippen molar-refractivity contribution in [3.8, 4) is 11.5 Å². The van der Waals surface area contributed by atoms with Gasteiger partial charge in [-0.05, 0) is 62.6 Å². The fraction of sp³-hybridized carbons (Fsp3) is 0.263. The number of nitrogens with zero attached hydrogens (tertiary/aromatic N) is 1. The van der Waals surface area contributed by atoms with Crippen LogP contribution in [0, 0.1) is 0 Å². The number of carbonyl (C=O) groups excluding carboxylic acids is 1. The molecule has 0 saturated heterocycles. The van der Waals surface area contributed by atoms with Gasteiger partial charge in [0, 0.05) is 12.3 Å². The molecule has 1 aliphatic rings. The van der Waals surface area contributed by atoms with Crippen LogP contribution in [0.25, 0.3) is 6.08 Å². The molecule has 0 amide bonds. The molecule has 1 aliphatic heterocycles. The van der Waals surface area contributed by atoms with Gasteiger partial charge in [-0.1, -0.05) is 6.07 Å². The van der Waals surface area contributed by atoms with Crippen LogP contribution in [0.15, 0.2) is 42.6 Å². The lowest BCUT2D eigenvalue weighted by atomic mass is 9.92. The van der Waals surface area contributed by atoms with Crippen LogP contribution in [0.1, 0.15) is 41.9 Å². The van der Waals surface area contributed by atoms with Gasteiger partial charge in [0.25, 0.3) is 0 Å². The Morgan fingerprint density at radius 3 is 2.91 bits per heavy atom. The van der Waals surface area contributed by atoms with Gasteiger partial charge in [0.1, 0.15) is 17.1 Å². The highest BCUT2D eigenvalue weighted by atomic mass is 16.5. The molecule has 4 heteroatoms.